The highest BCUT2D eigenvalue weighted by atomic mass is 16.2. The van der Waals surface area contributed by atoms with Gasteiger partial charge in [0.25, 0.3) is 5.91 Å². The number of carbonyl (C=O) groups is 2. The Morgan fingerprint density at radius 2 is 1.78 bits per heavy atom. The summed E-state index contributed by atoms with van der Waals surface area (Å²) in [5.41, 5.74) is 1.22. The third kappa shape index (κ3) is 3.70. The van der Waals surface area contributed by atoms with E-state index < -0.39 is 0 Å². The molecule has 0 saturated heterocycles. The van der Waals surface area contributed by atoms with E-state index in [1.807, 2.05) is 18.2 Å². The maximum absolute atomic E-state index is 12.1. The number of hydrogen-bond acceptors (Lipinski definition) is 2. The SMILES string of the molecule is C/C=C/C(=O)/C=C(/C)N(C)C(=O)c1ccccc1. The van der Waals surface area contributed by atoms with Crippen LogP contribution in [0, 0.1) is 0 Å². The van der Waals surface area contributed by atoms with Crippen molar-refractivity contribution in [1.29, 1.82) is 0 Å². The second-order valence-corrected chi connectivity index (χ2v) is 3.92. The summed E-state index contributed by atoms with van der Waals surface area (Å²) in [4.78, 5) is 25.0. The van der Waals surface area contributed by atoms with Crippen molar-refractivity contribution in [1.82, 2.24) is 4.90 Å². The molecule has 94 valence electrons. The maximum Gasteiger partial charge on any atom is 0.257 e. The number of benzene rings is 1. The van der Waals surface area contributed by atoms with Gasteiger partial charge in [0.1, 0.15) is 0 Å². The zero-order valence-corrected chi connectivity index (χ0v) is 10.9. The average molecular weight is 243 g/mol. The van der Waals surface area contributed by atoms with Crippen molar-refractivity contribution in [2.45, 2.75) is 13.8 Å². The Bertz CT molecular complexity index is 486. The van der Waals surface area contributed by atoms with Crippen LogP contribution in [0.2, 0.25) is 0 Å². The van der Waals surface area contributed by atoms with E-state index in [-0.39, 0.29) is 11.7 Å². The normalized spacial score (nSPS) is 11.6. The monoisotopic (exact) mass is 243 g/mol. The lowest BCUT2D eigenvalue weighted by molar-refractivity contribution is -0.110. The Hall–Kier alpha value is -2.16. The van der Waals surface area contributed by atoms with Crippen molar-refractivity contribution in [2.24, 2.45) is 0 Å². The quantitative estimate of drug-likeness (QED) is 0.762. The first-order valence-corrected chi connectivity index (χ1v) is 5.74. The highest BCUT2D eigenvalue weighted by Crippen LogP contribution is 2.08. The van der Waals surface area contributed by atoms with Gasteiger partial charge in [-0.3, -0.25) is 9.59 Å². The van der Waals surface area contributed by atoms with E-state index in [1.54, 1.807) is 39.1 Å². The molecule has 0 aromatic heterocycles. The predicted molar refractivity (Wildman–Crippen MR) is 72.1 cm³/mol. The van der Waals surface area contributed by atoms with Crippen LogP contribution in [0.5, 0.6) is 0 Å². The van der Waals surface area contributed by atoms with Crippen LogP contribution in [-0.2, 0) is 4.79 Å². The Morgan fingerprint density at radius 1 is 1.17 bits per heavy atom. The molecular formula is C15H17NO2. The van der Waals surface area contributed by atoms with Crippen molar-refractivity contribution in [3.05, 3.63) is 59.8 Å². The van der Waals surface area contributed by atoms with Gasteiger partial charge in [-0.15, -0.1) is 0 Å². The number of rotatable bonds is 4. The van der Waals surface area contributed by atoms with Crippen molar-refractivity contribution >= 4 is 11.7 Å². The summed E-state index contributed by atoms with van der Waals surface area (Å²) >= 11 is 0. The Balaban J connectivity index is 2.85. The molecule has 0 spiro atoms. The van der Waals surface area contributed by atoms with Crippen molar-refractivity contribution in [3.8, 4) is 0 Å². The van der Waals surface area contributed by atoms with E-state index in [0.717, 1.165) is 0 Å². The largest absolute Gasteiger partial charge is 0.315 e. The van der Waals surface area contributed by atoms with Gasteiger partial charge in [-0.2, -0.15) is 0 Å². The lowest BCUT2D eigenvalue weighted by Gasteiger charge is -2.17. The van der Waals surface area contributed by atoms with Crippen LogP contribution >= 0.6 is 0 Å². The topological polar surface area (TPSA) is 37.4 Å². The van der Waals surface area contributed by atoms with Crippen LogP contribution < -0.4 is 0 Å². The molecule has 0 atom stereocenters. The van der Waals surface area contributed by atoms with E-state index in [4.69, 9.17) is 0 Å². The van der Waals surface area contributed by atoms with E-state index >= 15 is 0 Å². The number of allylic oxidation sites excluding steroid dienone is 4. The minimum atomic E-state index is -0.127. The fourth-order valence-electron chi connectivity index (χ4n) is 1.45. The van der Waals surface area contributed by atoms with Crippen molar-refractivity contribution in [3.63, 3.8) is 0 Å². The van der Waals surface area contributed by atoms with Crippen LogP contribution in [0.25, 0.3) is 0 Å². The minimum Gasteiger partial charge on any atom is -0.315 e. The molecule has 0 aliphatic heterocycles. The number of nitrogens with zero attached hydrogens (tertiary/aromatic N) is 1. The lowest BCUT2D eigenvalue weighted by Crippen LogP contribution is -2.25. The first-order chi connectivity index (χ1) is 8.56. The van der Waals surface area contributed by atoms with Gasteiger partial charge in [0, 0.05) is 24.4 Å². The second kappa shape index (κ2) is 6.55. The summed E-state index contributed by atoms with van der Waals surface area (Å²) in [5, 5.41) is 0. The summed E-state index contributed by atoms with van der Waals surface area (Å²) in [6.07, 6.45) is 4.58. The first kappa shape index (κ1) is 13.9. The average Bonchev–Trinajstić information content (AvgIpc) is 2.38. The molecule has 1 amide bonds. The molecular weight excluding hydrogens is 226 g/mol. The van der Waals surface area contributed by atoms with E-state index in [0.29, 0.717) is 11.3 Å². The molecule has 0 heterocycles. The van der Waals surface area contributed by atoms with Crippen LogP contribution in [0.4, 0.5) is 0 Å². The number of ketones is 1. The molecule has 0 aliphatic rings. The van der Waals surface area contributed by atoms with E-state index in [2.05, 4.69) is 0 Å². The Labute approximate surface area is 107 Å². The molecule has 0 bridgehead atoms. The van der Waals surface area contributed by atoms with Crippen LogP contribution in [0.3, 0.4) is 0 Å². The standard InChI is InChI=1S/C15H17NO2/c1-4-8-14(17)11-12(2)16(3)15(18)13-9-6-5-7-10-13/h4-11H,1-3H3/b8-4+,12-11-. The molecule has 1 aromatic carbocycles. The van der Waals surface area contributed by atoms with Crippen LogP contribution in [0.15, 0.2) is 54.3 Å². The Kier molecular flexibility index (Phi) is 5.06. The number of hydrogen-bond donors (Lipinski definition) is 0. The zero-order chi connectivity index (χ0) is 13.5. The summed E-state index contributed by atoms with van der Waals surface area (Å²) in [5.74, 6) is -0.250. The van der Waals surface area contributed by atoms with Crippen molar-refractivity contribution in [2.75, 3.05) is 7.05 Å². The fraction of sp³-hybridized carbons (Fsp3) is 0.200. The first-order valence-electron chi connectivity index (χ1n) is 5.74. The van der Waals surface area contributed by atoms with Gasteiger partial charge in [-0.05, 0) is 32.1 Å². The molecule has 0 radical (unpaired) electrons. The van der Waals surface area contributed by atoms with Crippen molar-refractivity contribution < 1.29 is 9.59 Å². The molecule has 3 nitrogen and oxygen atoms in total. The zero-order valence-electron chi connectivity index (χ0n) is 10.9. The van der Waals surface area contributed by atoms with Gasteiger partial charge in [-0.1, -0.05) is 24.3 Å². The van der Waals surface area contributed by atoms with Crippen LogP contribution in [-0.4, -0.2) is 23.6 Å². The summed E-state index contributed by atoms with van der Waals surface area (Å²) in [6.45, 7) is 3.52. The van der Waals surface area contributed by atoms with E-state index in [9.17, 15) is 9.59 Å². The van der Waals surface area contributed by atoms with E-state index in [1.165, 1.54) is 17.1 Å². The summed E-state index contributed by atoms with van der Waals surface area (Å²) in [7, 11) is 1.66. The highest BCUT2D eigenvalue weighted by molar-refractivity contribution is 6.01. The molecule has 0 aliphatic carbocycles. The molecule has 0 fully saturated rings. The third-order valence-corrected chi connectivity index (χ3v) is 2.54. The van der Waals surface area contributed by atoms with Gasteiger partial charge in [-0.25, -0.2) is 0 Å². The van der Waals surface area contributed by atoms with Gasteiger partial charge in [0.15, 0.2) is 5.78 Å². The summed E-state index contributed by atoms with van der Waals surface area (Å²) in [6, 6.07) is 8.98. The predicted octanol–water partition coefficient (Wildman–Crippen LogP) is 2.81. The lowest BCUT2D eigenvalue weighted by atomic mass is 10.2. The van der Waals surface area contributed by atoms with Gasteiger partial charge < -0.3 is 4.90 Å². The third-order valence-electron chi connectivity index (χ3n) is 2.54. The smallest absolute Gasteiger partial charge is 0.257 e. The van der Waals surface area contributed by atoms with Gasteiger partial charge in [0.2, 0.25) is 0 Å². The molecule has 18 heavy (non-hydrogen) atoms. The number of amides is 1. The maximum atomic E-state index is 12.1. The molecule has 3 heteroatoms. The fourth-order valence-corrected chi connectivity index (χ4v) is 1.45. The Morgan fingerprint density at radius 3 is 2.33 bits per heavy atom. The molecule has 0 unspecified atom stereocenters. The van der Waals surface area contributed by atoms with Crippen LogP contribution in [0.1, 0.15) is 24.2 Å². The molecule has 0 N–H and O–H groups in total. The van der Waals surface area contributed by atoms with Gasteiger partial charge >= 0.3 is 0 Å². The highest BCUT2D eigenvalue weighted by Gasteiger charge is 2.12. The molecule has 1 rings (SSSR count). The minimum absolute atomic E-state index is 0.122. The second-order valence-electron chi connectivity index (χ2n) is 3.92. The number of carbonyl (C=O) groups excluding carboxylic acids is 2. The van der Waals surface area contributed by atoms with Gasteiger partial charge in [0.05, 0.1) is 0 Å². The molecule has 0 saturated carbocycles. The molecule has 1 aromatic rings. The summed E-state index contributed by atoms with van der Waals surface area (Å²) < 4.78 is 0.